The van der Waals surface area contributed by atoms with E-state index in [2.05, 4.69) is 0 Å². The monoisotopic (exact) mass is 573 g/mol. The van der Waals surface area contributed by atoms with Crippen molar-refractivity contribution in [3.63, 3.8) is 0 Å². The van der Waals surface area contributed by atoms with E-state index >= 15 is 0 Å². The Balaban J connectivity index is 0.000000242. The summed E-state index contributed by atoms with van der Waals surface area (Å²) in [6, 6.07) is 24.9. The molecule has 39 heavy (non-hydrogen) atoms. The van der Waals surface area contributed by atoms with Gasteiger partial charge in [-0.25, -0.2) is 22.0 Å². The van der Waals surface area contributed by atoms with Crippen molar-refractivity contribution in [2.45, 2.75) is 15.5 Å². The predicted octanol–water partition coefficient (Wildman–Crippen LogP) is 7.15. The number of benzene rings is 4. The van der Waals surface area contributed by atoms with Crippen LogP contribution in [-0.4, -0.2) is 11.9 Å². The zero-order valence-electron chi connectivity index (χ0n) is 19.5. The van der Waals surface area contributed by atoms with Crippen LogP contribution in [0.2, 0.25) is 0 Å². The zero-order valence-corrected chi connectivity index (χ0v) is 20.3. The van der Waals surface area contributed by atoms with E-state index in [4.69, 9.17) is 0 Å². The van der Waals surface area contributed by atoms with Gasteiger partial charge in [0.15, 0.2) is 37.2 Å². The third-order valence-electron chi connectivity index (χ3n) is 5.34. The van der Waals surface area contributed by atoms with Crippen LogP contribution < -0.4 is 5.46 Å². The Hall–Kier alpha value is -4.07. The van der Waals surface area contributed by atoms with Gasteiger partial charge in [0.2, 0.25) is 0 Å². The van der Waals surface area contributed by atoms with Gasteiger partial charge >= 0.3 is 6.98 Å². The van der Waals surface area contributed by atoms with Gasteiger partial charge in [0.05, 0.1) is 4.92 Å². The molecule has 0 unspecified atom stereocenters. The van der Waals surface area contributed by atoms with E-state index in [0.29, 0.717) is 5.75 Å². The van der Waals surface area contributed by atoms with Gasteiger partial charge < -0.3 is 12.9 Å². The molecule has 204 valence electrons. The van der Waals surface area contributed by atoms with Crippen LogP contribution in [-0.2, 0) is 19.9 Å². The molecule has 4 aromatic carbocycles. The Morgan fingerprint density at radius 2 is 1.03 bits per heavy atom. The summed E-state index contributed by atoms with van der Waals surface area (Å²) < 4.78 is 111. The van der Waals surface area contributed by atoms with Crippen LogP contribution in [0.25, 0.3) is 0 Å². The van der Waals surface area contributed by atoms with Gasteiger partial charge in [-0.05, 0) is 41.9 Å². The van der Waals surface area contributed by atoms with Crippen LogP contribution in [0.15, 0.2) is 94.7 Å². The number of hydrogen-bond donors (Lipinski definition) is 0. The van der Waals surface area contributed by atoms with E-state index in [1.54, 1.807) is 12.1 Å². The van der Waals surface area contributed by atoms with E-state index in [1.807, 2.05) is 60.7 Å². The van der Waals surface area contributed by atoms with Crippen molar-refractivity contribution in [2.24, 2.45) is 0 Å². The summed E-state index contributed by atoms with van der Waals surface area (Å²) in [6.07, 6.45) is 0. The molecule has 14 heteroatoms. The molecule has 0 aliphatic carbocycles. The largest absolute Gasteiger partial charge is 0.515 e. The maximum atomic E-state index is 13.8. The number of rotatable bonds is 6. The quantitative estimate of drug-likeness (QED) is 0.0469. The highest BCUT2D eigenvalue weighted by Gasteiger charge is 2.38. The number of nitro benzene ring substituents is 1. The summed E-state index contributed by atoms with van der Waals surface area (Å²) in [4.78, 5) is 11.9. The van der Waals surface area contributed by atoms with E-state index in [1.165, 1.54) is 12.1 Å². The first kappa shape index (κ1) is 29.5. The fraction of sp³-hybridized carbons (Fsp3) is 0.0400. The molecule has 4 nitrogen and oxygen atoms in total. The Morgan fingerprint density at radius 1 is 0.641 bits per heavy atom. The molecule has 0 aromatic heterocycles. The van der Waals surface area contributed by atoms with Gasteiger partial charge in [0.1, 0.15) is 17.4 Å². The molecule has 0 N–H and O–H groups in total. The number of halogens is 8. The molecule has 0 saturated heterocycles. The van der Waals surface area contributed by atoms with Crippen LogP contribution in [0, 0.1) is 39.2 Å². The van der Waals surface area contributed by atoms with Crippen LogP contribution in [0.5, 0.6) is 0 Å². The summed E-state index contributed by atoms with van der Waals surface area (Å²) in [7, 11) is -2.50. The normalized spacial score (nSPS) is 11.5. The number of non-ortho nitro benzene ring substituents is 1. The van der Waals surface area contributed by atoms with Crippen molar-refractivity contribution in [3.05, 3.63) is 130 Å². The minimum Gasteiger partial charge on any atom is -0.445 e. The summed E-state index contributed by atoms with van der Waals surface area (Å²) in [5.41, 5.74) is -1.89. The van der Waals surface area contributed by atoms with Crippen LogP contribution >= 0.6 is 0 Å². The Kier molecular flexibility index (Phi) is 8.90. The molecule has 4 rings (SSSR count). The molecule has 0 radical (unpaired) electrons. The predicted molar refractivity (Wildman–Crippen MR) is 129 cm³/mol. The van der Waals surface area contributed by atoms with Crippen molar-refractivity contribution in [1.82, 2.24) is 0 Å². The second-order valence-electron chi connectivity index (χ2n) is 7.93. The maximum absolute atomic E-state index is 13.8. The second kappa shape index (κ2) is 11.8. The topological polar surface area (TPSA) is 60.2 Å². The Bertz CT molecular complexity index is 1450. The number of nitro groups is 1. The summed E-state index contributed by atoms with van der Waals surface area (Å²) in [5.74, 6) is -13.3. The SMILES string of the molecule is Fc1c(F)c(F)c([B-](F)(F)F)c(F)c1F.O=[N+]([O-])c1ccc(C[S+](=O)(c2ccccc2)c2ccccc2)cc1. The lowest BCUT2D eigenvalue weighted by Gasteiger charge is -2.17. The van der Waals surface area contributed by atoms with Crippen molar-refractivity contribution < 1.29 is 44.0 Å². The smallest absolute Gasteiger partial charge is 0.445 e. The number of nitrogens with zero attached hydrogens (tertiary/aromatic N) is 1. The first-order valence-electron chi connectivity index (χ1n) is 10.8. The lowest BCUT2D eigenvalue weighted by Crippen LogP contribution is -2.41. The molecule has 0 amide bonds. The lowest BCUT2D eigenvalue weighted by molar-refractivity contribution is -0.384. The molecule has 0 atom stereocenters. The zero-order chi connectivity index (χ0) is 29.0. The van der Waals surface area contributed by atoms with Gasteiger partial charge in [-0.2, -0.15) is 0 Å². The molecule has 0 fully saturated rings. The van der Waals surface area contributed by atoms with Gasteiger partial charge in [-0.15, -0.1) is 0 Å². The minimum atomic E-state index is -6.30. The van der Waals surface area contributed by atoms with E-state index in [9.17, 15) is 49.2 Å². The van der Waals surface area contributed by atoms with Crippen molar-refractivity contribution in [2.75, 3.05) is 0 Å². The second-order valence-corrected chi connectivity index (χ2v) is 10.5. The van der Waals surface area contributed by atoms with E-state index < -0.39 is 56.4 Å². The fourth-order valence-electron chi connectivity index (χ4n) is 3.44. The van der Waals surface area contributed by atoms with Crippen LogP contribution in [0.1, 0.15) is 5.56 Å². The average Bonchev–Trinajstić information content (AvgIpc) is 2.91. The van der Waals surface area contributed by atoms with Gasteiger partial charge in [0, 0.05) is 17.7 Å². The summed E-state index contributed by atoms with van der Waals surface area (Å²) in [5, 5.41) is 10.8. The minimum absolute atomic E-state index is 0.0321. The standard InChI is InChI=1S/C19H16NO3S.C6BF8/c21-20(22)17-13-11-16(12-14-17)15-24(23,18-7-3-1-4-8-18)19-9-5-2-6-10-19;8-2-1(7(13,14)15)3(9)5(11)6(12)4(2)10/h1-14H,15H2;/q+1;-1. The van der Waals surface area contributed by atoms with Crippen molar-refractivity contribution in [1.29, 1.82) is 0 Å². The van der Waals surface area contributed by atoms with Crippen LogP contribution in [0.4, 0.5) is 40.6 Å². The maximum Gasteiger partial charge on any atom is 0.515 e. The molecular weight excluding hydrogens is 557 g/mol. The van der Waals surface area contributed by atoms with Gasteiger partial charge in [-0.3, -0.25) is 10.1 Å². The van der Waals surface area contributed by atoms with Crippen molar-refractivity contribution >= 4 is 28.1 Å². The average molecular weight is 573 g/mol. The molecular formula is C25H16BF8NO3S. The highest BCUT2D eigenvalue weighted by atomic mass is 32.2. The molecule has 0 aliphatic heterocycles. The van der Waals surface area contributed by atoms with E-state index in [0.717, 1.165) is 15.4 Å². The highest BCUT2D eigenvalue weighted by molar-refractivity contribution is 8.02. The Labute approximate surface area is 217 Å². The van der Waals surface area contributed by atoms with Gasteiger partial charge in [0.25, 0.3) is 5.69 Å². The summed E-state index contributed by atoms with van der Waals surface area (Å²) >= 11 is 0. The first-order chi connectivity index (χ1) is 18.3. The molecule has 0 aliphatic rings. The third kappa shape index (κ3) is 6.51. The fourth-order valence-corrected chi connectivity index (χ4v) is 5.90. The number of hydrogen-bond acceptors (Lipinski definition) is 3. The first-order valence-corrected chi connectivity index (χ1v) is 12.6. The highest BCUT2D eigenvalue weighted by Crippen LogP contribution is 2.32. The molecule has 0 heterocycles. The lowest BCUT2D eigenvalue weighted by atomic mass is 9.79. The van der Waals surface area contributed by atoms with Crippen LogP contribution in [0.3, 0.4) is 0 Å². The Morgan fingerprint density at radius 3 is 1.38 bits per heavy atom. The summed E-state index contributed by atoms with van der Waals surface area (Å²) in [6.45, 7) is -6.30. The van der Waals surface area contributed by atoms with Crippen molar-refractivity contribution in [3.8, 4) is 0 Å². The van der Waals surface area contributed by atoms with Gasteiger partial charge in [-0.1, -0.05) is 40.6 Å². The molecule has 0 saturated carbocycles. The molecule has 0 spiro atoms. The molecule has 0 bridgehead atoms. The van der Waals surface area contributed by atoms with E-state index in [-0.39, 0.29) is 5.69 Å². The molecule has 4 aromatic rings. The third-order valence-corrected chi connectivity index (χ3v) is 8.14.